The summed E-state index contributed by atoms with van der Waals surface area (Å²) in [4.78, 5) is 36.1. The average molecular weight is 415 g/mol. The molecule has 1 saturated heterocycles. The number of rotatable bonds is 5. The summed E-state index contributed by atoms with van der Waals surface area (Å²) in [5.41, 5.74) is 3.54. The molecule has 162 valence electrons. The third-order valence-corrected chi connectivity index (χ3v) is 5.19. The molecule has 1 saturated carbocycles. The van der Waals surface area contributed by atoms with Crippen LogP contribution in [-0.2, 0) is 9.59 Å². The highest BCUT2D eigenvalue weighted by Crippen LogP contribution is 2.33. The van der Waals surface area contributed by atoms with Gasteiger partial charge in [-0.1, -0.05) is 20.8 Å². The largest absolute Gasteiger partial charge is 0.494 e. The Balaban J connectivity index is 1.60. The quantitative estimate of drug-likeness (QED) is 0.525. The number of aromatic nitrogens is 2. The van der Waals surface area contributed by atoms with Crippen molar-refractivity contribution >= 4 is 17.6 Å². The van der Waals surface area contributed by atoms with E-state index in [0.29, 0.717) is 18.8 Å². The number of amides is 2. The fourth-order valence-electron chi connectivity index (χ4n) is 3.76. The summed E-state index contributed by atoms with van der Waals surface area (Å²) in [6, 6.07) is 0.0836. The third-order valence-electron chi connectivity index (χ3n) is 5.19. The van der Waals surface area contributed by atoms with Gasteiger partial charge in [-0.15, -0.1) is 0 Å². The number of anilines is 1. The average Bonchev–Trinajstić information content (AvgIpc) is 3.34. The smallest absolute Gasteiger partial charge is 0.281 e. The topological polar surface area (TPSA) is 123 Å². The van der Waals surface area contributed by atoms with Gasteiger partial charge in [-0.2, -0.15) is 0 Å². The molecule has 0 bridgehead atoms. The summed E-state index contributed by atoms with van der Waals surface area (Å²) in [7, 11) is 0. The van der Waals surface area contributed by atoms with Crippen molar-refractivity contribution in [2.75, 3.05) is 11.9 Å². The lowest BCUT2D eigenvalue weighted by atomic mass is 9.95. The minimum Gasteiger partial charge on any atom is -0.494 e. The standard InChI is InChI=1S/C20H29N7O3/c1-11-8-21-9-14(22-11)24-13-7-15-26(10-20(2,3)4)18(29)16(19(30)27(15)25-13)17(28)23-12-5-6-12/h8-9,12-13,15,25,29H,5-7,10H2,1-4H3,(H,22,24)(H,23,28). The third kappa shape index (κ3) is 4.18. The predicted octanol–water partition coefficient (Wildman–Crippen LogP) is 0.996. The Hall–Kier alpha value is -2.88. The zero-order valence-corrected chi connectivity index (χ0v) is 17.8. The number of fused-ring (bicyclic) bond motifs is 1. The lowest BCUT2D eigenvalue weighted by Crippen LogP contribution is -2.58. The molecule has 1 aromatic heterocycles. The van der Waals surface area contributed by atoms with Crippen molar-refractivity contribution in [3.63, 3.8) is 0 Å². The Kier molecular flexibility index (Phi) is 5.05. The Morgan fingerprint density at radius 1 is 1.33 bits per heavy atom. The molecule has 10 nitrogen and oxygen atoms in total. The maximum Gasteiger partial charge on any atom is 0.281 e. The summed E-state index contributed by atoms with van der Waals surface area (Å²) in [5, 5.41) is 18.4. The Morgan fingerprint density at radius 3 is 2.70 bits per heavy atom. The van der Waals surface area contributed by atoms with E-state index in [4.69, 9.17) is 0 Å². The molecule has 10 heteroatoms. The van der Waals surface area contributed by atoms with E-state index in [9.17, 15) is 14.7 Å². The van der Waals surface area contributed by atoms with Crippen LogP contribution in [-0.4, -0.2) is 61.7 Å². The number of nitrogens with one attached hydrogen (secondary N) is 3. The number of aryl methyl sites for hydroxylation is 1. The Bertz CT molecular complexity index is 891. The molecule has 1 aromatic rings. The minimum atomic E-state index is -0.528. The van der Waals surface area contributed by atoms with Crippen LogP contribution in [0.15, 0.2) is 23.8 Å². The van der Waals surface area contributed by atoms with Crippen LogP contribution in [0.5, 0.6) is 0 Å². The number of hydrogen-bond acceptors (Lipinski definition) is 8. The van der Waals surface area contributed by atoms with Gasteiger partial charge in [0.15, 0.2) is 5.57 Å². The summed E-state index contributed by atoms with van der Waals surface area (Å²) >= 11 is 0. The molecule has 0 spiro atoms. The van der Waals surface area contributed by atoms with Gasteiger partial charge in [0.25, 0.3) is 11.8 Å². The van der Waals surface area contributed by atoms with Gasteiger partial charge in [0.05, 0.1) is 18.1 Å². The summed E-state index contributed by atoms with van der Waals surface area (Å²) < 4.78 is 0. The number of carbonyl (C=O) groups excluding carboxylic acids is 2. The van der Waals surface area contributed by atoms with Crippen molar-refractivity contribution in [2.24, 2.45) is 5.41 Å². The van der Waals surface area contributed by atoms with Crippen molar-refractivity contribution in [1.29, 1.82) is 0 Å². The normalized spacial score (nSPS) is 24.2. The van der Waals surface area contributed by atoms with Gasteiger partial charge in [-0.25, -0.2) is 15.4 Å². The van der Waals surface area contributed by atoms with Crippen LogP contribution in [0.25, 0.3) is 0 Å². The van der Waals surface area contributed by atoms with Crippen LogP contribution in [0.2, 0.25) is 0 Å². The molecule has 4 rings (SSSR count). The van der Waals surface area contributed by atoms with Gasteiger partial charge < -0.3 is 20.6 Å². The molecular weight excluding hydrogens is 386 g/mol. The zero-order valence-electron chi connectivity index (χ0n) is 17.8. The summed E-state index contributed by atoms with van der Waals surface area (Å²) in [6.45, 7) is 8.47. The molecule has 1 aliphatic carbocycles. The van der Waals surface area contributed by atoms with Gasteiger partial charge in [-0.05, 0) is 25.2 Å². The zero-order chi connectivity index (χ0) is 21.6. The SMILES string of the molecule is Cc1cncc(NC2CC3N(CC(C)(C)C)C(O)=C(C(=O)NC4CC4)C(=O)N3N2)n1. The van der Waals surface area contributed by atoms with E-state index < -0.39 is 18.0 Å². The van der Waals surface area contributed by atoms with Crippen molar-refractivity contribution in [2.45, 2.75) is 65.3 Å². The van der Waals surface area contributed by atoms with Gasteiger partial charge in [0.1, 0.15) is 12.0 Å². The van der Waals surface area contributed by atoms with E-state index in [0.717, 1.165) is 18.5 Å². The van der Waals surface area contributed by atoms with E-state index in [1.165, 1.54) is 5.01 Å². The summed E-state index contributed by atoms with van der Waals surface area (Å²) in [6.07, 6.45) is 4.84. The highest BCUT2D eigenvalue weighted by atomic mass is 16.3. The predicted molar refractivity (Wildman–Crippen MR) is 110 cm³/mol. The van der Waals surface area contributed by atoms with Crippen molar-refractivity contribution < 1.29 is 14.7 Å². The van der Waals surface area contributed by atoms with Gasteiger partial charge in [-0.3, -0.25) is 14.6 Å². The molecular formula is C20H29N7O3. The number of aliphatic hydroxyl groups is 1. The molecule has 30 heavy (non-hydrogen) atoms. The van der Waals surface area contributed by atoms with E-state index in [2.05, 4.69) is 26.0 Å². The van der Waals surface area contributed by atoms with E-state index in [1.54, 1.807) is 17.3 Å². The molecule has 0 aromatic carbocycles. The second kappa shape index (κ2) is 7.42. The number of hydrogen-bond donors (Lipinski definition) is 4. The lowest BCUT2D eigenvalue weighted by Gasteiger charge is -2.42. The molecule has 4 N–H and O–H groups in total. The first-order valence-corrected chi connectivity index (χ1v) is 10.3. The monoisotopic (exact) mass is 415 g/mol. The highest BCUT2D eigenvalue weighted by molar-refractivity contribution is 6.19. The fourth-order valence-corrected chi connectivity index (χ4v) is 3.76. The molecule has 2 unspecified atom stereocenters. The van der Waals surface area contributed by atoms with Crippen LogP contribution in [0.1, 0.15) is 45.7 Å². The number of carbonyl (C=O) groups is 2. The lowest BCUT2D eigenvalue weighted by molar-refractivity contribution is -0.142. The van der Waals surface area contributed by atoms with Crippen LogP contribution >= 0.6 is 0 Å². The van der Waals surface area contributed by atoms with E-state index in [1.807, 2.05) is 27.7 Å². The molecule has 2 aliphatic heterocycles. The maximum absolute atomic E-state index is 13.1. The van der Waals surface area contributed by atoms with Gasteiger partial charge >= 0.3 is 0 Å². The van der Waals surface area contributed by atoms with Crippen LogP contribution in [0.4, 0.5) is 5.82 Å². The maximum atomic E-state index is 13.1. The van der Waals surface area contributed by atoms with Gasteiger partial charge in [0.2, 0.25) is 5.88 Å². The molecule has 3 heterocycles. The fraction of sp³-hybridized carbons (Fsp3) is 0.600. The first kappa shape index (κ1) is 20.4. The Morgan fingerprint density at radius 2 is 2.07 bits per heavy atom. The van der Waals surface area contributed by atoms with Crippen molar-refractivity contribution in [3.05, 3.63) is 29.5 Å². The minimum absolute atomic E-state index is 0.0836. The van der Waals surface area contributed by atoms with Crippen molar-refractivity contribution in [3.8, 4) is 0 Å². The van der Waals surface area contributed by atoms with Gasteiger partial charge in [0, 0.05) is 25.2 Å². The Labute approximate surface area is 175 Å². The van der Waals surface area contributed by atoms with Crippen LogP contribution in [0.3, 0.4) is 0 Å². The molecule has 3 aliphatic rings. The van der Waals surface area contributed by atoms with Crippen molar-refractivity contribution in [1.82, 2.24) is 30.6 Å². The first-order valence-electron chi connectivity index (χ1n) is 10.3. The van der Waals surface area contributed by atoms with E-state index in [-0.39, 0.29) is 29.1 Å². The molecule has 2 fully saturated rings. The molecule has 2 atom stereocenters. The second-order valence-electron chi connectivity index (χ2n) is 9.40. The van der Waals surface area contributed by atoms with E-state index >= 15 is 0 Å². The first-order chi connectivity index (χ1) is 14.1. The molecule has 2 amide bonds. The number of hydrazine groups is 1. The van der Waals surface area contributed by atoms with Crippen LogP contribution < -0.4 is 16.1 Å². The number of aliphatic hydroxyl groups excluding tert-OH is 1. The number of nitrogens with zero attached hydrogens (tertiary/aromatic N) is 4. The van der Waals surface area contributed by atoms with Crippen LogP contribution in [0, 0.1) is 12.3 Å². The summed E-state index contributed by atoms with van der Waals surface area (Å²) in [5.74, 6) is -0.723. The highest BCUT2D eigenvalue weighted by Gasteiger charge is 2.49. The second-order valence-corrected chi connectivity index (χ2v) is 9.40. The molecule has 0 radical (unpaired) electrons.